The number of nitrogens with one attached hydrogen (secondary N) is 2. The van der Waals surface area contributed by atoms with Gasteiger partial charge in [-0.15, -0.1) is 0 Å². The Kier molecular flexibility index (Phi) is 4.52. The van der Waals surface area contributed by atoms with Gasteiger partial charge in [-0.05, 0) is 57.0 Å². The summed E-state index contributed by atoms with van der Waals surface area (Å²) in [6.07, 6.45) is 6.92. The highest BCUT2D eigenvalue weighted by Gasteiger charge is 2.37. The summed E-state index contributed by atoms with van der Waals surface area (Å²) in [5, 5.41) is 6.36. The molecule has 2 rings (SSSR count). The van der Waals surface area contributed by atoms with Crippen LogP contribution in [0.4, 0.5) is 0 Å². The lowest BCUT2D eigenvalue weighted by atomic mass is 9.67. The van der Waals surface area contributed by atoms with E-state index in [1.165, 1.54) is 25.7 Å². The van der Waals surface area contributed by atoms with Gasteiger partial charge in [0, 0.05) is 11.5 Å². The molecule has 114 valence electrons. The van der Waals surface area contributed by atoms with E-state index in [1.807, 2.05) is 0 Å². The second kappa shape index (κ2) is 5.84. The predicted octanol–water partition coefficient (Wildman–Crippen LogP) is 2.03. The average Bonchev–Trinajstić information content (AvgIpc) is 2.41. The topological polar surface area (TPSA) is 58.2 Å². The van der Waals surface area contributed by atoms with Gasteiger partial charge in [0.1, 0.15) is 0 Å². The molecule has 1 heterocycles. The highest BCUT2D eigenvalue weighted by molar-refractivity contribution is 6.37. The SMILES string of the molecule is CC(C)(C)C(=O)C(=O)NC1CCC2(CCNCC2)CC1. The second-order valence-corrected chi connectivity index (χ2v) is 7.58. The van der Waals surface area contributed by atoms with Crippen molar-refractivity contribution in [2.75, 3.05) is 13.1 Å². The molecule has 0 aromatic rings. The van der Waals surface area contributed by atoms with Crippen molar-refractivity contribution in [2.45, 2.75) is 65.3 Å². The van der Waals surface area contributed by atoms with Gasteiger partial charge in [0.15, 0.2) is 0 Å². The molecule has 0 radical (unpaired) electrons. The van der Waals surface area contributed by atoms with Crippen LogP contribution in [-0.2, 0) is 9.59 Å². The summed E-state index contributed by atoms with van der Waals surface area (Å²) in [5.74, 6) is -0.705. The fourth-order valence-electron chi connectivity index (χ4n) is 3.42. The van der Waals surface area contributed by atoms with Gasteiger partial charge in [0.25, 0.3) is 5.91 Å². The fraction of sp³-hybridized carbons (Fsp3) is 0.875. The van der Waals surface area contributed by atoms with Crippen molar-refractivity contribution in [2.24, 2.45) is 10.8 Å². The van der Waals surface area contributed by atoms with E-state index in [9.17, 15) is 9.59 Å². The molecule has 20 heavy (non-hydrogen) atoms. The lowest BCUT2D eigenvalue weighted by molar-refractivity contribution is -0.143. The molecule has 2 aliphatic rings. The van der Waals surface area contributed by atoms with Crippen LogP contribution in [-0.4, -0.2) is 30.8 Å². The van der Waals surface area contributed by atoms with Gasteiger partial charge in [-0.1, -0.05) is 20.8 Å². The molecule has 1 aliphatic heterocycles. The molecule has 0 aromatic carbocycles. The number of piperidine rings is 1. The molecular weight excluding hydrogens is 252 g/mol. The highest BCUT2D eigenvalue weighted by Crippen LogP contribution is 2.43. The highest BCUT2D eigenvalue weighted by atomic mass is 16.2. The maximum absolute atomic E-state index is 12.0. The van der Waals surface area contributed by atoms with E-state index < -0.39 is 11.3 Å². The maximum Gasteiger partial charge on any atom is 0.288 e. The van der Waals surface area contributed by atoms with Crippen LogP contribution in [0.25, 0.3) is 0 Å². The first-order chi connectivity index (χ1) is 9.32. The number of carbonyl (C=O) groups excluding carboxylic acids is 2. The molecule has 0 unspecified atom stereocenters. The standard InChI is InChI=1S/C16H28N2O2/c1-15(2,3)13(19)14(20)18-12-4-6-16(7-5-12)8-10-17-11-9-16/h12,17H,4-11H2,1-3H3,(H,18,20). The minimum Gasteiger partial charge on any atom is -0.347 e. The van der Waals surface area contributed by atoms with E-state index in [0.29, 0.717) is 5.41 Å². The minimum atomic E-state index is -0.588. The van der Waals surface area contributed by atoms with Crippen LogP contribution in [0.1, 0.15) is 59.3 Å². The summed E-state index contributed by atoms with van der Waals surface area (Å²) in [6, 6.07) is 0.189. The van der Waals surface area contributed by atoms with E-state index in [1.54, 1.807) is 20.8 Å². The Balaban J connectivity index is 1.82. The molecule has 4 nitrogen and oxygen atoms in total. The fourth-order valence-corrected chi connectivity index (χ4v) is 3.42. The summed E-state index contributed by atoms with van der Waals surface area (Å²) < 4.78 is 0. The van der Waals surface area contributed by atoms with Gasteiger partial charge in [-0.25, -0.2) is 0 Å². The normalized spacial score (nSPS) is 23.6. The Morgan fingerprint density at radius 2 is 1.60 bits per heavy atom. The molecule has 1 aliphatic carbocycles. The third kappa shape index (κ3) is 3.60. The van der Waals surface area contributed by atoms with E-state index in [0.717, 1.165) is 25.9 Å². The Morgan fingerprint density at radius 1 is 1.05 bits per heavy atom. The molecule has 1 saturated heterocycles. The molecule has 1 amide bonds. The minimum absolute atomic E-state index is 0.189. The molecule has 0 atom stereocenters. The van der Waals surface area contributed by atoms with Gasteiger partial charge in [-0.3, -0.25) is 9.59 Å². The van der Waals surface area contributed by atoms with Gasteiger partial charge < -0.3 is 10.6 Å². The number of hydrogen-bond donors (Lipinski definition) is 2. The van der Waals surface area contributed by atoms with Crippen LogP contribution >= 0.6 is 0 Å². The second-order valence-electron chi connectivity index (χ2n) is 7.58. The third-order valence-electron chi connectivity index (χ3n) is 4.93. The number of ketones is 1. The summed E-state index contributed by atoms with van der Waals surface area (Å²) >= 11 is 0. The van der Waals surface area contributed by atoms with Crippen LogP contribution < -0.4 is 10.6 Å². The first kappa shape index (κ1) is 15.5. The van der Waals surface area contributed by atoms with Crippen molar-refractivity contribution < 1.29 is 9.59 Å². The van der Waals surface area contributed by atoms with Gasteiger partial charge in [-0.2, -0.15) is 0 Å². The van der Waals surface area contributed by atoms with Crippen LogP contribution in [0.15, 0.2) is 0 Å². The Morgan fingerprint density at radius 3 is 2.10 bits per heavy atom. The van der Waals surface area contributed by atoms with Crippen molar-refractivity contribution in [1.29, 1.82) is 0 Å². The van der Waals surface area contributed by atoms with Crippen LogP contribution in [0, 0.1) is 10.8 Å². The lowest BCUT2D eigenvalue weighted by Gasteiger charge is -2.43. The van der Waals surface area contributed by atoms with E-state index >= 15 is 0 Å². The number of carbonyl (C=O) groups is 2. The molecule has 2 N–H and O–H groups in total. The first-order valence-corrected chi connectivity index (χ1v) is 7.88. The number of rotatable bonds is 2. The van der Waals surface area contributed by atoms with Gasteiger partial charge >= 0.3 is 0 Å². The zero-order chi connectivity index (χ0) is 14.8. The van der Waals surface area contributed by atoms with Crippen LogP contribution in [0.2, 0.25) is 0 Å². The third-order valence-corrected chi connectivity index (χ3v) is 4.93. The van der Waals surface area contributed by atoms with E-state index in [2.05, 4.69) is 10.6 Å². The van der Waals surface area contributed by atoms with Crippen molar-refractivity contribution in [3.8, 4) is 0 Å². The van der Waals surface area contributed by atoms with Crippen LogP contribution in [0.3, 0.4) is 0 Å². The Bertz CT molecular complexity index is 368. The van der Waals surface area contributed by atoms with Crippen molar-refractivity contribution >= 4 is 11.7 Å². The summed E-state index contributed by atoms with van der Waals surface area (Å²) in [7, 11) is 0. The zero-order valence-electron chi connectivity index (χ0n) is 13.1. The molecular formula is C16H28N2O2. The quantitative estimate of drug-likeness (QED) is 0.761. The summed E-state index contributed by atoms with van der Waals surface area (Å²) in [5.41, 5.74) is -0.0878. The van der Waals surface area contributed by atoms with Crippen molar-refractivity contribution in [1.82, 2.24) is 10.6 Å². The monoisotopic (exact) mass is 280 g/mol. The number of amides is 1. The van der Waals surface area contributed by atoms with E-state index in [-0.39, 0.29) is 11.8 Å². The van der Waals surface area contributed by atoms with Crippen LogP contribution in [0.5, 0.6) is 0 Å². The number of hydrogen-bond acceptors (Lipinski definition) is 3. The first-order valence-electron chi connectivity index (χ1n) is 7.88. The molecule has 1 spiro atoms. The Hall–Kier alpha value is -0.900. The lowest BCUT2D eigenvalue weighted by Crippen LogP contribution is -2.47. The molecule has 0 aromatic heterocycles. The molecule has 2 fully saturated rings. The average molecular weight is 280 g/mol. The van der Waals surface area contributed by atoms with Crippen molar-refractivity contribution in [3.05, 3.63) is 0 Å². The smallest absolute Gasteiger partial charge is 0.288 e. The summed E-state index contributed by atoms with van der Waals surface area (Å²) in [4.78, 5) is 23.9. The zero-order valence-corrected chi connectivity index (χ0v) is 13.1. The maximum atomic E-state index is 12.0. The molecule has 0 bridgehead atoms. The van der Waals surface area contributed by atoms with Gasteiger partial charge in [0.2, 0.25) is 5.78 Å². The van der Waals surface area contributed by atoms with Crippen molar-refractivity contribution in [3.63, 3.8) is 0 Å². The van der Waals surface area contributed by atoms with E-state index in [4.69, 9.17) is 0 Å². The summed E-state index contributed by atoms with van der Waals surface area (Å²) in [6.45, 7) is 7.62. The predicted molar refractivity (Wildman–Crippen MR) is 79.4 cm³/mol. The molecule has 1 saturated carbocycles. The number of Topliss-reactive ketones (excluding diaryl/α,β-unsaturated/α-hetero) is 1. The molecule has 4 heteroatoms. The van der Waals surface area contributed by atoms with Gasteiger partial charge in [0.05, 0.1) is 0 Å². The Labute approximate surface area is 122 Å². The largest absolute Gasteiger partial charge is 0.347 e.